The number of aliphatic imine (C=N–C) groups is 1. The maximum Gasteiger partial charge on any atom is 0.340 e. The van der Waals surface area contributed by atoms with E-state index in [2.05, 4.69) is 22.2 Å². The van der Waals surface area contributed by atoms with Crippen LogP contribution in [0.15, 0.2) is 64.7 Å². The van der Waals surface area contributed by atoms with Gasteiger partial charge in [0.2, 0.25) is 12.1 Å². The number of nitrogens with zero attached hydrogens (tertiary/aromatic N) is 2. The highest BCUT2D eigenvalue weighted by Crippen LogP contribution is 2.41. The van der Waals surface area contributed by atoms with Crippen molar-refractivity contribution in [3.8, 4) is 0 Å². The first-order valence-electron chi connectivity index (χ1n) is 17.2. The highest BCUT2D eigenvalue weighted by atomic mass is 16.8. The summed E-state index contributed by atoms with van der Waals surface area (Å²) < 4.78 is 28.8. The van der Waals surface area contributed by atoms with Crippen molar-refractivity contribution >= 4 is 17.9 Å². The Kier molecular flexibility index (Phi) is 14.6. The summed E-state index contributed by atoms with van der Waals surface area (Å²) >= 11 is 0. The number of carboxylic acids is 1. The molecule has 1 aliphatic carbocycles. The maximum atomic E-state index is 13.8. The molecule has 296 valence electrons. The molecule has 7 unspecified atom stereocenters. The molecule has 19 heteroatoms. The van der Waals surface area contributed by atoms with Gasteiger partial charge in [0, 0.05) is 25.4 Å². The van der Waals surface area contributed by atoms with Crippen LogP contribution in [0.3, 0.4) is 0 Å². The van der Waals surface area contributed by atoms with E-state index in [9.17, 15) is 45.3 Å². The predicted molar refractivity (Wildman–Crippen MR) is 185 cm³/mol. The van der Waals surface area contributed by atoms with Crippen molar-refractivity contribution in [1.29, 1.82) is 0 Å². The van der Waals surface area contributed by atoms with Crippen LogP contribution < -0.4 is 16.4 Å². The van der Waals surface area contributed by atoms with E-state index < -0.39 is 72.8 Å². The number of guanidine groups is 1. The van der Waals surface area contributed by atoms with Gasteiger partial charge in [0.15, 0.2) is 18.4 Å². The van der Waals surface area contributed by atoms with Crippen molar-refractivity contribution in [3.05, 3.63) is 59.7 Å². The highest BCUT2D eigenvalue weighted by Gasteiger charge is 2.58. The Morgan fingerprint density at radius 3 is 2.51 bits per heavy atom. The lowest BCUT2D eigenvalue weighted by Crippen LogP contribution is -2.69. The van der Waals surface area contributed by atoms with Gasteiger partial charge in [-0.15, -0.1) is 6.58 Å². The molecule has 0 bridgehead atoms. The molecular weight excluding hydrogens is 702 g/mol. The fraction of sp³-hybridized carbons (Fsp3) is 0.618. The van der Waals surface area contributed by atoms with Crippen LogP contribution in [0.4, 0.5) is 0 Å². The second-order valence-corrected chi connectivity index (χ2v) is 13.0. The molecule has 0 radical (unpaired) electrons. The Bertz CT molecular complexity index is 1470. The fourth-order valence-corrected chi connectivity index (χ4v) is 6.52. The number of rotatable bonds is 15. The van der Waals surface area contributed by atoms with Crippen LogP contribution in [0.5, 0.6) is 0 Å². The van der Waals surface area contributed by atoms with Crippen molar-refractivity contribution in [3.63, 3.8) is 0 Å². The molecule has 53 heavy (non-hydrogen) atoms. The fourth-order valence-electron chi connectivity index (χ4n) is 6.52. The number of aliphatic carboxylic acids is 1. The molecular formula is C34H51N5O14. The van der Waals surface area contributed by atoms with E-state index in [0.29, 0.717) is 12.8 Å². The Morgan fingerprint density at radius 2 is 1.91 bits per heavy atom. The van der Waals surface area contributed by atoms with Gasteiger partial charge in [0.1, 0.15) is 35.7 Å². The zero-order valence-corrected chi connectivity index (χ0v) is 29.7. The minimum Gasteiger partial charge on any atom is -0.478 e. The number of carboxylic acid groups (broad SMARTS) is 1. The van der Waals surface area contributed by atoms with E-state index in [-0.39, 0.29) is 54.8 Å². The second-order valence-electron chi connectivity index (χ2n) is 13.0. The number of carbonyl (C=O) groups is 2. The van der Waals surface area contributed by atoms with Crippen LogP contribution in [-0.4, -0.2) is 154 Å². The molecule has 2 fully saturated rings. The summed E-state index contributed by atoms with van der Waals surface area (Å²) in [5.41, 5.74) is 3.24. The highest BCUT2D eigenvalue weighted by molar-refractivity contribution is 5.93. The Labute approximate surface area is 306 Å². The summed E-state index contributed by atoms with van der Waals surface area (Å²) in [5.74, 6) is -6.72. The molecule has 0 aromatic carbocycles. The standard InChI is InChI=1S/C34H51N5O14/c1-4-22-30(53-31-27(50-18-36-2)34(47,48)26(42)24(16-41)52-31)49-17-23(29(45)51-20-8-6-5-7-9-20)33(22,46)11-10-19-14-39(12-13-40)15-21(28(43)44)25(19)38-32(35)37-3/h4,10-11,14,17,20,22,24,26-27,30-31,36,40-42,46-48H,1,5-9,12-13,15-16,18H2,2-3H3,(H,43,44)(H3,35,37,38). The van der Waals surface area contributed by atoms with Crippen molar-refractivity contribution in [1.82, 2.24) is 15.5 Å². The normalized spacial score (nSPS) is 31.1. The van der Waals surface area contributed by atoms with Crippen LogP contribution in [0, 0.1) is 5.92 Å². The van der Waals surface area contributed by atoms with E-state index >= 15 is 0 Å². The van der Waals surface area contributed by atoms with Gasteiger partial charge in [-0.3, -0.25) is 10.3 Å². The van der Waals surface area contributed by atoms with Crippen LogP contribution >= 0.6 is 0 Å². The molecule has 0 spiro atoms. The SMILES string of the molecule is C=CC1C(OC2OC(CO)C(O)C(O)(O)C2OCNC)OC=C(C(=O)OC2CCCCC2)C1(O)C=CC1=CN(CCO)CC(C(=O)O)=C1NC(N)=NC. The molecule has 1 saturated carbocycles. The van der Waals surface area contributed by atoms with Crippen molar-refractivity contribution in [2.75, 3.05) is 47.1 Å². The lowest BCUT2D eigenvalue weighted by molar-refractivity contribution is -0.412. The zero-order chi connectivity index (χ0) is 38.9. The average molecular weight is 754 g/mol. The summed E-state index contributed by atoms with van der Waals surface area (Å²) in [6, 6.07) is 0. The van der Waals surface area contributed by atoms with Crippen LogP contribution in [0.25, 0.3) is 0 Å². The summed E-state index contributed by atoms with van der Waals surface area (Å²) in [7, 11) is 2.90. The molecule has 1 saturated heterocycles. The van der Waals surface area contributed by atoms with Crippen LogP contribution in [0.1, 0.15) is 32.1 Å². The Hall–Kier alpha value is -3.89. The van der Waals surface area contributed by atoms with Crippen molar-refractivity contribution in [2.45, 2.75) is 80.5 Å². The predicted octanol–water partition coefficient (Wildman–Crippen LogP) is -2.41. The molecule has 11 N–H and O–H groups in total. The molecule has 7 atom stereocenters. The lowest BCUT2D eigenvalue weighted by atomic mass is 9.78. The van der Waals surface area contributed by atoms with Crippen molar-refractivity contribution < 1.29 is 69.0 Å². The maximum absolute atomic E-state index is 13.8. The molecule has 0 aromatic heterocycles. The lowest BCUT2D eigenvalue weighted by Gasteiger charge is -2.48. The Morgan fingerprint density at radius 1 is 1.19 bits per heavy atom. The number of aliphatic hydroxyl groups is 6. The third-order valence-electron chi connectivity index (χ3n) is 9.40. The topological polar surface area (TPSA) is 288 Å². The number of aliphatic hydroxyl groups excluding tert-OH is 3. The van der Waals surface area contributed by atoms with Gasteiger partial charge in [0.25, 0.3) is 0 Å². The number of nitrogens with two attached hydrogens (primary N) is 1. The number of β-amino-alcohol motifs (C(OH)–C–C–N with tert-alkyl or cyclic N) is 1. The average Bonchev–Trinajstić information content (AvgIpc) is 3.13. The molecule has 0 amide bonds. The molecule has 4 rings (SSSR count). The number of esters is 1. The van der Waals surface area contributed by atoms with E-state index in [1.54, 1.807) is 0 Å². The third kappa shape index (κ3) is 9.44. The quantitative estimate of drug-likeness (QED) is 0.0274. The van der Waals surface area contributed by atoms with Crippen LogP contribution in [-0.2, 0) is 33.3 Å². The molecule has 3 aliphatic heterocycles. The number of nitrogens with one attached hydrogen (secondary N) is 2. The number of carbonyl (C=O) groups excluding carboxylic acids is 1. The van der Waals surface area contributed by atoms with Gasteiger partial charge < -0.3 is 75.4 Å². The van der Waals surface area contributed by atoms with E-state index in [1.165, 1.54) is 43.4 Å². The minimum atomic E-state index is -3.00. The van der Waals surface area contributed by atoms with Crippen LogP contribution in [0.2, 0.25) is 0 Å². The number of hydrogen-bond acceptors (Lipinski definition) is 16. The zero-order valence-electron chi connectivity index (χ0n) is 29.7. The molecule has 4 aliphatic rings. The second kappa shape index (κ2) is 18.4. The number of allylic oxidation sites excluding steroid dienone is 1. The molecule has 0 aromatic rings. The van der Waals surface area contributed by atoms with Gasteiger partial charge in [-0.1, -0.05) is 18.6 Å². The van der Waals surface area contributed by atoms with E-state index in [4.69, 9.17) is 29.4 Å². The molecule has 3 heterocycles. The summed E-state index contributed by atoms with van der Waals surface area (Å²) in [5, 5.41) is 79.8. The minimum absolute atomic E-state index is 0.0240. The first-order valence-corrected chi connectivity index (χ1v) is 17.2. The summed E-state index contributed by atoms with van der Waals surface area (Å²) in [4.78, 5) is 31.6. The monoisotopic (exact) mass is 753 g/mol. The summed E-state index contributed by atoms with van der Waals surface area (Å²) in [6.45, 7) is 2.36. The Balaban J connectivity index is 1.80. The van der Waals surface area contributed by atoms with Gasteiger partial charge >= 0.3 is 11.9 Å². The van der Waals surface area contributed by atoms with Gasteiger partial charge in [-0.2, -0.15) is 0 Å². The molecule has 19 nitrogen and oxygen atoms in total. The smallest absolute Gasteiger partial charge is 0.340 e. The van der Waals surface area contributed by atoms with Gasteiger partial charge in [-0.05, 0) is 38.8 Å². The largest absolute Gasteiger partial charge is 0.478 e. The van der Waals surface area contributed by atoms with E-state index in [0.717, 1.165) is 25.5 Å². The van der Waals surface area contributed by atoms with E-state index in [1.807, 2.05) is 0 Å². The van der Waals surface area contributed by atoms with Crippen molar-refractivity contribution in [2.24, 2.45) is 16.6 Å². The van der Waals surface area contributed by atoms with Gasteiger partial charge in [0.05, 0.1) is 43.7 Å². The number of ether oxygens (including phenoxy) is 5. The van der Waals surface area contributed by atoms with Gasteiger partial charge in [-0.25, -0.2) is 9.59 Å². The number of hydrogen-bond donors (Lipinski definition) is 10. The summed E-state index contributed by atoms with van der Waals surface area (Å²) in [6.07, 6.45) is 0.983. The first kappa shape index (κ1) is 41.9. The first-order chi connectivity index (χ1) is 25.2. The third-order valence-corrected chi connectivity index (χ3v) is 9.40.